The molecule has 0 aromatic heterocycles. The second-order valence-corrected chi connectivity index (χ2v) is 7.13. The molecule has 3 N–H and O–H groups in total. The predicted molar refractivity (Wildman–Crippen MR) is 77.2 cm³/mol. The van der Waals surface area contributed by atoms with Gasteiger partial charge in [-0.25, -0.2) is 13.1 Å². The SMILES string of the molecule is CC1CCCCCC1NS(=O)(=O)c1cccc(N)c1. The van der Waals surface area contributed by atoms with E-state index in [2.05, 4.69) is 11.6 Å². The maximum absolute atomic E-state index is 12.3. The van der Waals surface area contributed by atoms with Gasteiger partial charge in [-0.15, -0.1) is 0 Å². The van der Waals surface area contributed by atoms with Gasteiger partial charge in [-0.05, 0) is 37.0 Å². The Morgan fingerprint density at radius 2 is 1.95 bits per heavy atom. The Morgan fingerprint density at radius 1 is 1.21 bits per heavy atom. The molecule has 1 aliphatic carbocycles. The van der Waals surface area contributed by atoms with Gasteiger partial charge in [-0.2, -0.15) is 0 Å². The van der Waals surface area contributed by atoms with Gasteiger partial charge in [0.1, 0.15) is 0 Å². The van der Waals surface area contributed by atoms with Gasteiger partial charge in [0, 0.05) is 11.7 Å². The molecule has 0 bridgehead atoms. The minimum atomic E-state index is -3.46. The zero-order valence-electron chi connectivity index (χ0n) is 11.3. The lowest BCUT2D eigenvalue weighted by atomic mass is 9.98. The van der Waals surface area contributed by atoms with Crippen LogP contribution in [0.15, 0.2) is 29.2 Å². The Balaban J connectivity index is 2.16. The highest BCUT2D eigenvalue weighted by atomic mass is 32.2. The third-order valence-corrected chi connectivity index (χ3v) is 5.32. The van der Waals surface area contributed by atoms with E-state index in [1.807, 2.05) is 0 Å². The first-order chi connectivity index (χ1) is 8.99. The number of nitrogen functional groups attached to an aromatic ring is 1. The van der Waals surface area contributed by atoms with Crippen molar-refractivity contribution < 1.29 is 8.42 Å². The Bertz CT molecular complexity index is 528. The number of rotatable bonds is 3. The second kappa shape index (κ2) is 5.92. The fourth-order valence-corrected chi connectivity index (χ4v) is 4.05. The van der Waals surface area contributed by atoms with E-state index in [4.69, 9.17) is 5.73 Å². The van der Waals surface area contributed by atoms with E-state index in [1.165, 1.54) is 18.9 Å². The smallest absolute Gasteiger partial charge is 0.240 e. The Labute approximate surface area is 115 Å². The van der Waals surface area contributed by atoms with Gasteiger partial charge in [0.2, 0.25) is 10.0 Å². The van der Waals surface area contributed by atoms with Gasteiger partial charge in [-0.1, -0.05) is 32.3 Å². The van der Waals surface area contributed by atoms with E-state index < -0.39 is 10.0 Å². The fourth-order valence-electron chi connectivity index (χ4n) is 2.62. The van der Waals surface area contributed by atoms with Crippen molar-refractivity contribution in [2.24, 2.45) is 5.92 Å². The van der Waals surface area contributed by atoms with Crippen LogP contribution in [0.4, 0.5) is 5.69 Å². The van der Waals surface area contributed by atoms with Crippen molar-refractivity contribution in [3.8, 4) is 0 Å². The van der Waals surface area contributed by atoms with Crippen LogP contribution in [0.25, 0.3) is 0 Å². The molecule has 0 heterocycles. The molecular formula is C14H22N2O2S. The number of nitrogens with one attached hydrogen (secondary N) is 1. The minimum Gasteiger partial charge on any atom is -0.399 e. The molecule has 1 saturated carbocycles. The monoisotopic (exact) mass is 282 g/mol. The summed E-state index contributed by atoms with van der Waals surface area (Å²) in [4.78, 5) is 0.254. The standard InChI is InChI=1S/C14H22N2O2S/c1-11-6-3-2-4-9-14(11)16-19(17,18)13-8-5-7-12(15)10-13/h5,7-8,10-11,14,16H,2-4,6,9,15H2,1H3. The summed E-state index contributed by atoms with van der Waals surface area (Å²) >= 11 is 0. The zero-order chi connectivity index (χ0) is 13.9. The van der Waals surface area contributed by atoms with Crippen LogP contribution >= 0.6 is 0 Å². The number of benzene rings is 1. The summed E-state index contributed by atoms with van der Waals surface area (Å²) in [5, 5.41) is 0. The normalized spacial score (nSPS) is 24.9. The predicted octanol–water partition coefficient (Wildman–Crippen LogP) is 2.52. The Kier molecular flexibility index (Phi) is 4.47. The van der Waals surface area contributed by atoms with Crippen molar-refractivity contribution in [3.05, 3.63) is 24.3 Å². The maximum Gasteiger partial charge on any atom is 0.240 e. The first-order valence-corrected chi connectivity index (χ1v) is 8.35. The molecule has 2 rings (SSSR count). The van der Waals surface area contributed by atoms with Crippen molar-refractivity contribution in [2.45, 2.75) is 50.0 Å². The molecule has 4 nitrogen and oxygen atoms in total. The summed E-state index contributed by atoms with van der Waals surface area (Å²) in [6.45, 7) is 2.12. The van der Waals surface area contributed by atoms with Crippen molar-refractivity contribution in [1.82, 2.24) is 4.72 Å². The van der Waals surface area contributed by atoms with Crippen LogP contribution in [0.2, 0.25) is 0 Å². The molecule has 0 amide bonds. The molecule has 19 heavy (non-hydrogen) atoms. The van der Waals surface area contributed by atoms with E-state index in [1.54, 1.807) is 18.2 Å². The van der Waals surface area contributed by atoms with Crippen molar-refractivity contribution in [2.75, 3.05) is 5.73 Å². The zero-order valence-corrected chi connectivity index (χ0v) is 12.1. The average Bonchev–Trinajstić information content (AvgIpc) is 2.55. The molecule has 5 heteroatoms. The molecule has 0 spiro atoms. The van der Waals surface area contributed by atoms with Crippen molar-refractivity contribution >= 4 is 15.7 Å². The van der Waals surface area contributed by atoms with Crippen LogP contribution in [-0.4, -0.2) is 14.5 Å². The largest absolute Gasteiger partial charge is 0.399 e. The highest BCUT2D eigenvalue weighted by Gasteiger charge is 2.25. The van der Waals surface area contributed by atoms with Crippen molar-refractivity contribution in [3.63, 3.8) is 0 Å². The molecule has 1 aromatic rings. The Morgan fingerprint density at radius 3 is 2.68 bits per heavy atom. The molecular weight excluding hydrogens is 260 g/mol. The van der Waals surface area contributed by atoms with Crippen molar-refractivity contribution in [1.29, 1.82) is 0 Å². The molecule has 0 saturated heterocycles. The van der Waals surface area contributed by atoms with E-state index >= 15 is 0 Å². The van der Waals surface area contributed by atoms with Crippen LogP contribution in [0, 0.1) is 5.92 Å². The van der Waals surface area contributed by atoms with E-state index in [9.17, 15) is 8.42 Å². The lowest BCUT2D eigenvalue weighted by Gasteiger charge is -2.22. The van der Waals surface area contributed by atoms with Crippen LogP contribution in [-0.2, 0) is 10.0 Å². The van der Waals surface area contributed by atoms with E-state index in [0.717, 1.165) is 19.3 Å². The van der Waals surface area contributed by atoms with Gasteiger partial charge in [0.15, 0.2) is 0 Å². The third-order valence-electron chi connectivity index (χ3n) is 3.84. The number of hydrogen-bond acceptors (Lipinski definition) is 3. The first-order valence-electron chi connectivity index (χ1n) is 6.87. The first kappa shape index (κ1) is 14.3. The number of sulfonamides is 1. The quantitative estimate of drug-likeness (QED) is 0.661. The molecule has 2 atom stereocenters. The topological polar surface area (TPSA) is 72.2 Å². The van der Waals surface area contributed by atoms with Crippen LogP contribution in [0.5, 0.6) is 0 Å². The number of nitrogens with two attached hydrogens (primary N) is 1. The highest BCUT2D eigenvalue weighted by molar-refractivity contribution is 7.89. The van der Waals surface area contributed by atoms with E-state index in [-0.39, 0.29) is 10.9 Å². The molecule has 1 aliphatic rings. The fraction of sp³-hybridized carbons (Fsp3) is 0.571. The Hall–Kier alpha value is -1.07. The van der Waals surface area contributed by atoms with Gasteiger partial charge in [0.05, 0.1) is 4.90 Å². The molecule has 0 radical (unpaired) electrons. The van der Waals surface area contributed by atoms with Crippen LogP contribution in [0.1, 0.15) is 39.0 Å². The summed E-state index contributed by atoms with van der Waals surface area (Å²) in [7, 11) is -3.46. The van der Waals surface area contributed by atoms with Gasteiger partial charge < -0.3 is 5.73 Å². The van der Waals surface area contributed by atoms with Gasteiger partial charge in [-0.3, -0.25) is 0 Å². The number of anilines is 1. The average molecular weight is 282 g/mol. The second-order valence-electron chi connectivity index (χ2n) is 5.42. The van der Waals surface area contributed by atoms with Crippen LogP contribution < -0.4 is 10.5 Å². The number of hydrogen-bond donors (Lipinski definition) is 2. The minimum absolute atomic E-state index is 0.0360. The summed E-state index contributed by atoms with van der Waals surface area (Å²) in [6.07, 6.45) is 5.49. The summed E-state index contributed by atoms with van der Waals surface area (Å²) < 4.78 is 27.5. The maximum atomic E-state index is 12.3. The van der Waals surface area contributed by atoms with E-state index in [0.29, 0.717) is 11.6 Å². The molecule has 0 aliphatic heterocycles. The summed E-state index contributed by atoms with van der Waals surface area (Å²) in [6, 6.07) is 6.48. The molecule has 106 valence electrons. The molecule has 1 fully saturated rings. The van der Waals surface area contributed by atoms with Crippen LogP contribution in [0.3, 0.4) is 0 Å². The van der Waals surface area contributed by atoms with Gasteiger partial charge >= 0.3 is 0 Å². The molecule has 2 unspecified atom stereocenters. The lowest BCUT2D eigenvalue weighted by molar-refractivity contribution is 0.399. The van der Waals surface area contributed by atoms with Gasteiger partial charge in [0.25, 0.3) is 0 Å². The lowest BCUT2D eigenvalue weighted by Crippen LogP contribution is -2.38. The highest BCUT2D eigenvalue weighted by Crippen LogP contribution is 2.24. The third kappa shape index (κ3) is 3.70. The summed E-state index contributed by atoms with van der Waals surface area (Å²) in [5.41, 5.74) is 6.12. The molecule has 1 aromatic carbocycles. The summed E-state index contributed by atoms with van der Waals surface area (Å²) in [5.74, 6) is 0.387.